The second-order valence-electron chi connectivity index (χ2n) is 4.21. The van der Waals surface area contributed by atoms with Gasteiger partial charge in [-0.2, -0.15) is 0 Å². The number of hydrogen-bond acceptors (Lipinski definition) is 5. The lowest BCUT2D eigenvalue weighted by molar-refractivity contribution is -0.385. The Bertz CT molecular complexity index is 476. The van der Waals surface area contributed by atoms with Crippen LogP contribution in [0.4, 0.5) is 5.69 Å². The molecular weight excluding hydrogens is 264 g/mol. The van der Waals surface area contributed by atoms with Crippen LogP contribution in [0.25, 0.3) is 0 Å². The summed E-state index contributed by atoms with van der Waals surface area (Å²) in [6.07, 6.45) is 0.701. The SMILES string of the molecule is COCCCNC(=O)COc1ccc(C)cc1[N+](=O)[O-]. The second-order valence-corrected chi connectivity index (χ2v) is 4.21. The van der Waals surface area contributed by atoms with Gasteiger partial charge in [0.2, 0.25) is 0 Å². The van der Waals surface area contributed by atoms with Gasteiger partial charge >= 0.3 is 5.69 Å². The zero-order chi connectivity index (χ0) is 15.0. The first kappa shape index (κ1) is 15.9. The number of aryl methyl sites for hydroxylation is 1. The van der Waals surface area contributed by atoms with Gasteiger partial charge in [0, 0.05) is 26.3 Å². The lowest BCUT2D eigenvalue weighted by atomic mass is 10.2. The monoisotopic (exact) mass is 282 g/mol. The van der Waals surface area contributed by atoms with Crippen molar-refractivity contribution in [2.24, 2.45) is 0 Å². The highest BCUT2D eigenvalue weighted by atomic mass is 16.6. The van der Waals surface area contributed by atoms with Crippen molar-refractivity contribution < 1.29 is 19.2 Å². The number of methoxy groups -OCH3 is 1. The Hall–Kier alpha value is -2.15. The van der Waals surface area contributed by atoms with Crippen molar-refractivity contribution in [3.63, 3.8) is 0 Å². The average molecular weight is 282 g/mol. The van der Waals surface area contributed by atoms with E-state index in [2.05, 4.69) is 5.32 Å². The van der Waals surface area contributed by atoms with Crippen molar-refractivity contribution in [1.82, 2.24) is 5.32 Å². The first-order valence-electron chi connectivity index (χ1n) is 6.18. The molecule has 0 aromatic heterocycles. The van der Waals surface area contributed by atoms with Gasteiger partial charge in [-0.1, -0.05) is 6.07 Å². The Morgan fingerprint density at radius 3 is 2.85 bits per heavy atom. The third-order valence-electron chi connectivity index (χ3n) is 2.52. The minimum atomic E-state index is -0.529. The van der Waals surface area contributed by atoms with Crippen LogP contribution >= 0.6 is 0 Å². The number of hydrogen-bond donors (Lipinski definition) is 1. The van der Waals surface area contributed by atoms with Gasteiger partial charge in [-0.25, -0.2) is 0 Å². The first-order valence-corrected chi connectivity index (χ1v) is 6.18. The topological polar surface area (TPSA) is 90.7 Å². The van der Waals surface area contributed by atoms with E-state index in [4.69, 9.17) is 9.47 Å². The minimum absolute atomic E-state index is 0.0904. The van der Waals surface area contributed by atoms with E-state index in [1.165, 1.54) is 12.1 Å². The molecule has 1 rings (SSSR count). The van der Waals surface area contributed by atoms with Crippen LogP contribution < -0.4 is 10.1 Å². The molecule has 110 valence electrons. The third-order valence-corrected chi connectivity index (χ3v) is 2.52. The molecule has 0 saturated heterocycles. The molecule has 0 heterocycles. The van der Waals surface area contributed by atoms with E-state index < -0.39 is 4.92 Å². The van der Waals surface area contributed by atoms with Gasteiger partial charge in [-0.05, 0) is 25.0 Å². The fraction of sp³-hybridized carbons (Fsp3) is 0.462. The summed E-state index contributed by atoms with van der Waals surface area (Å²) in [7, 11) is 1.58. The number of nitro groups is 1. The molecule has 1 amide bonds. The Morgan fingerprint density at radius 2 is 2.20 bits per heavy atom. The fourth-order valence-electron chi connectivity index (χ4n) is 1.53. The van der Waals surface area contributed by atoms with Crippen molar-refractivity contribution in [2.75, 3.05) is 26.9 Å². The number of ether oxygens (including phenoxy) is 2. The van der Waals surface area contributed by atoms with Crippen LogP contribution in [0.15, 0.2) is 18.2 Å². The maximum Gasteiger partial charge on any atom is 0.311 e. The summed E-state index contributed by atoms with van der Waals surface area (Å²) in [5, 5.41) is 13.5. The minimum Gasteiger partial charge on any atom is -0.477 e. The van der Waals surface area contributed by atoms with Gasteiger partial charge in [-0.3, -0.25) is 14.9 Å². The van der Waals surface area contributed by atoms with Gasteiger partial charge in [0.25, 0.3) is 5.91 Å². The van der Waals surface area contributed by atoms with E-state index in [1.54, 1.807) is 20.1 Å². The van der Waals surface area contributed by atoms with Crippen molar-refractivity contribution in [3.05, 3.63) is 33.9 Å². The predicted octanol–water partition coefficient (Wildman–Crippen LogP) is 1.43. The van der Waals surface area contributed by atoms with Gasteiger partial charge in [0.1, 0.15) is 0 Å². The molecule has 0 radical (unpaired) electrons. The Labute approximate surface area is 117 Å². The zero-order valence-electron chi connectivity index (χ0n) is 11.5. The summed E-state index contributed by atoms with van der Waals surface area (Å²) in [4.78, 5) is 21.8. The predicted molar refractivity (Wildman–Crippen MR) is 72.8 cm³/mol. The smallest absolute Gasteiger partial charge is 0.311 e. The van der Waals surface area contributed by atoms with Crippen LogP contribution in [0.5, 0.6) is 5.75 Å². The van der Waals surface area contributed by atoms with Crippen molar-refractivity contribution >= 4 is 11.6 Å². The molecule has 0 bridgehead atoms. The van der Waals surface area contributed by atoms with E-state index in [0.29, 0.717) is 19.6 Å². The third kappa shape index (κ3) is 5.23. The molecule has 7 heteroatoms. The second kappa shape index (κ2) is 8.11. The maximum absolute atomic E-state index is 11.5. The molecule has 0 atom stereocenters. The molecule has 0 fully saturated rings. The van der Waals surface area contributed by atoms with E-state index >= 15 is 0 Å². The average Bonchev–Trinajstić information content (AvgIpc) is 2.42. The summed E-state index contributed by atoms with van der Waals surface area (Å²) in [6, 6.07) is 4.59. The number of carbonyl (C=O) groups is 1. The van der Waals surface area contributed by atoms with E-state index in [1.807, 2.05) is 0 Å². The van der Waals surface area contributed by atoms with Crippen molar-refractivity contribution in [1.29, 1.82) is 0 Å². The summed E-state index contributed by atoms with van der Waals surface area (Å²) in [5.74, 6) is -0.233. The molecule has 7 nitrogen and oxygen atoms in total. The highest BCUT2D eigenvalue weighted by molar-refractivity contribution is 5.77. The normalized spacial score (nSPS) is 10.1. The quantitative estimate of drug-likeness (QED) is 0.442. The standard InChI is InChI=1S/C13H18N2O5/c1-10-4-5-12(11(8-10)15(17)18)20-9-13(16)14-6-3-7-19-2/h4-5,8H,3,6-7,9H2,1-2H3,(H,14,16). The molecular formula is C13H18N2O5. The number of nitro benzene ring substituents is 1. The Morgan fingerprint density at radius 1 is 1.45 bits per heavy atom. The molecule has 0 aliphatic carbocycles. The van der Waals surface area contributed by atoms with Gasteiger partial charge in [-0.15, -0.1) is 0 Å². The Balaban J connectivity index is 2.49. The number of benzene rings is 1. The largest absolute Gasteiger partial charge is 0.477 e. The van der Waals surface area contributed by atoms with E-state index in [0.717, 1.165) is 5.56 Å². The number of nitrogens with zero attached hydrogens (tertiary/aromatic N) is 1. The van der Waals surface area contributed by atoms with Crippen LogP contribution in [0, 0.1) is 17.0 Å². The van der Waals surface area contributed by atoms with E-state index in [-0.39, 0.29) is 24.0 Å². The highest BCUT2D eigenvalue weighted by Crippen LogP contribution is 2.27. The maximum atomic E-state index is 11.5. The molecule has 0 aliphatic rings. The summed E-state index contributed by atoms with van der Waals surface area (Å²) in [6.45, 7) is 2.53. The molecule has 0 unspecified atom stereocenters. The summed E-state index contributed by atoms with van der Waals surface area (Å²) >= 11 is 0. The molecule has 1 N–H and O–H groups in total. The molecule has 20 heavy (non-hydrogen) atoms. The van der Waals surface area contributed by atoms with Crippen molar-refractivity contribution in [2.45, 2.75) is 13.3 Å². The highest BCUT2D eigenvalue weighted by Gasteiger charge is 2.16. The Kier molecular flexibility index (Phi) is 6.45. The summed E-state index contributed by atoms with van der Waals surface area (Å²) < 4.78 is 10.0. The number of nitrogens with one attached hydrogen (secondary N) is 1. The number of amides is 1. The van der Waals surface area contributed by atoms with Crippen molar-refractivity contribution in [3.8, 4) is 5.75 Å². The summed E-state index contributed by atoms with van der Waals surface area (Å²) in [5.41, 5.74) is 0.616. The van der Waals surface area contributed by atoms with Crippen LogP contribution in [0.2, 0.25) is 0 Å². The zero-order valence-corrected chi connectivity index (χ0v) is 11.5. The lowest BCUT2D eigenvalue weighted by Crippen LogP contribution is -2.30. The van der Waals surface area contributed by atoms with E-state index in [9.17, 15) is 14.9 Å². The lowest BCUT2D eigenvalue weighted by Gasteiger charge is -2.08. The molecule has 0 spiro atoms. The molecule has 0 saturated carbocycles. The number of rotatable bonds is 8. The van der Waals surface area contributed by atoms with Crippen LogP contribution in [-0.2, 0) is 9.53 Å². The van der Waals surface area contributed by atoms with Crippen LogP contribution in [0.3, 0.4) is 0 Å². The first-order chi connectivity index (χ1) is 9.54. The molecule has 1 aromatic carbocycles. The fourth-order valence-corrected chi connectivity index (χ4v) is 1.53. The molecule has 0 aliphatic heterocycles. The number of carbonyl (C=O) groups excluding carboxylic acids is 1. The van der Waals surface area contributed by atoms with Crippen LogP contribution in [-0.4, -0.2) is 37.7 Å². The van der Waals surface area contributed by atoms with Gasteiger partial charge < -0.3 is 14.8 Å². The van der Waals surface area contributed by atoms with Crippen LogP contribution in [0.1, 0.15) is 12.0 Å². The van der Waals surface area contributed by atoms with Gasteiger partial charge in [0.15, 0.2) is 12.4 Å². The van der Waals surface area contributed by atoms with Gasteiger partial charge in [0.05, 0.1) is 4.92 Å². The molecule has 1 aromatic rings.